The van der Waals surface area contributed by atoms with Crippen molar-refractivity contribution in [2.24, 2.45) is 5.92 Å². The average Bonchev–Trinajstić information content (AvgIpc) is 2.03. The van der Waals surface area contributed by atoms with Crippen molar-refractivity contribution in [3.63, 3.8) is 0 Å². The summed E-state index contributed by atoms with van der Waals surface area (Å²) in [5.74, 6) is -5.31. The molecular weight excluding hydrogens is 373 g/mol. The van der Waals surface area contributed by atoms with Crippen LogP contribution in [0.15, 0.2) is 0 Å². The van der Waals surface area contributed by atoms with Gasteiger partial charge in [0.1, 0.15) is 5.54 Å². The normalized spacial score (nSPS) is 23.4. The third-order valence-corrected chi connectivity index (χ3v) is 2.48. The predicted molar refractivity (Wildman–Crippen MR) is 34.7 cm³/mol. The van der Waals surface area contributed by atoms with Gasteiger partial charge in [0.05, 0.1) is 17.9 Å². The van der Waals surface area contributed by atoms with E-state index < -0.39 is 29.3 Å². The summed E-state index contributed by atoms with van der Waals surface area (Å²) in [7, 11) is 1.09. The first-order chi connectivity index (χ1) is 5.86. The van der Waals surface area contributed by atoms with E-state index in [1.807, 2.05) is 0 Å². The van der Waals surface area contributed by atoms with Crippen LogP contribution in [-0.2, 0) is 35.4 Å². The largest absolute Gasteiger partial charge is 2.00 e. The Morgan fingerprint density at radius 1 is 1.36 bits per heavy atom. The maximum atomic E-state index is 10.9. The van der Waals surface area contributed by atoms with Crippen molar-refractivity contribution in [3.8, 4) is 0 Å². The molecule has 1 atom stereocenters. The first kappa shape index (κ1) is 13.1. The van der Waals surface area contributed by atoms with Crippen molar-refractivity contribution in [1.29, 1.82) is 0 Å². The number of hydrogen-bond donors (Lipinski definition) is 0. The van der Waals surface area contributed by atoms with Crippen LogP contribution in [0, 0.1) is 5.92 Å². The summed E-state index contributed by atoms with van der Waals surface area (Å²) in [4.78, 5) is 32.7. The number of aliphatic carboxylic acids is 2. The molecule has 0 aromatic carbocycles. The molecule has 0 aromatic rings. The van der Waals surface area contributed by atoms with Crippen LogP contribution in [0.5, 0.6) is 0 Å². The first-order valence-electron chi connectivity index (χ1n) is 3.57. The molecule has 0 aliphatic carbocycles. The third-order valence-electron chi connectivity index (χ3n) is 2.48. The minimum absolute atomic E-state index is 0. The second kappa shape index (κ2) is 3.69. The van der Waals surface area contributed by atoms with Crippen LogP contribution in [0.2, 0.25) is 0 Å². The van der Waals surface area contributed by atoms with E-state index in [1.165, 1.54) is 6.92 Å². The molecule has 0 bridgehead atoms. The molecule has 80 valence electrons. The van der Waals surface area contributed by atoms with E-state index in [4.69, 9.17) is 0 Å². The number of hydrogen-bond acceptors (Lipinski definition) is 5. The Balaban J connectivity index is 0.00000169. The molecule has 0 aromatic heterocycles. The van der Waals surface area contributed by atoms with Gasteiger partial charge in [-0.25, -0.2) is 0 Å². The van der Waals surface area contributed by atoms with Crippen LogP contribution in [0.4, 0.5) is 0 Å². The minimum Gasteiger partial charge on any atom is -0.547 e. The predicted octanol–water partition coefficient (Wildman–Crippen LogP) is -3.67. The first-order valence-corrected chi connectivity index (χ1v) is 3.57. The summed E-state index contributed by atoms with van der Waals surface area (Å²) in [5.41, 5.74) is -2.29. The zero-order chi connectivity index (χ0) is 10.4. The molecule has 1 fully saturated rings. The van der Waals surface area contributed by atoms with Crippen LogP contribution < -0.4 is 10.2 Å². The number of likely N-dealkylation sites (N-methyl/N-ethyl adjacent to an activating group) is 1. The van der Waals surface area contributed by atoms with Gasteiger partial charge in [-0.05, 0) is 0 Å². The number of carboxylic acid groups (broad SMARTS) is 2. The van der Waals surface area contributed by atoms with Crippen LogP contribution in [0.1, 0.15) is 6.92 Å². The van der Waals surface area contributed by atoms with E-state index in [0.717, 1.165) is 7.05 Å². The number of carboxylic acids is 2. The summed E-state index contributed by atoms with van der Waals surface area (Å²) in [6, 6.07) is 0. The van der Waals surface area contributed by atoms with E-state index in [1.54, 1.807) is 0 Å². The second-order valence-corrected chi connectivity index (χ2v) is 2.96. The molecule has 0 N–H and O–H groups in total. The number of amides is 1. The summed E-state index contributed by atoms with van der Waals surface area (Å²) in [6.45, 7) is 1.22. The second-order valence-electron chi connectivity index (χ2n) is 2.96. The van der Waals surface area contributed by atoms with Gasteiger partial charge in [0.2, 0.25) is 5.91 Å². The fraction of sp³-hybridized carbons (Fsp3) is 0.571. The number of carbonyl (C=O) groups is 3. The standard InChI is InChI=1S/C7H9NO5.Pt/c1-3-4(9)8(2)7(3,5(10)11)6(12)13;/h3H,1-2H3,(H,10,11)(H,12,13);/q;+2/p-2. The molecule has 0 spiro atoms. The van der Waals surface area contributed by atoms with E-state index in [9.17, 15) is 24.6 Å². The van der Waals surface area contributed by atoms with Crippen LogP contribution in [0.3, 0.4) is 0 Å². The topological polar surface area (TPSA) is 101 Å². The molecule has 1 heterocycles. The van der Waals surface area contributed by atoms with Gasteiger partial charge in [0, 0.05) is 7.05 Å². The molecule has 1 rings (SSSR count). The van der Waals surface area contributed by atoms with E-state index >= 15 is 0 Å². The van der Waals surface area contributed by atoms with Gasteiger partial charge in [0.25, 0.3) is 0 Å². The molecule has 1 saturated heterocycles. The molecule has 1 aliphatic heterocycles. The number of nitrogens with zero attached hydrogens (tertiary/aromatic N) is 1. The van der Waals surface area contributed by atoms with Crippen LogP contribution >= 0.6 is 0 Å². The maximum Gasteiger partial charge on any atom is 2.00 e. The molecule has 0 saturated carbocycles. The number of likely N-dealkylation sites (tertiary alicyclic amines) is 1. The van der Waals surface area contributed by atoms with Gasteiger partial charge in [-0.3, -0.25) is 4.79 Å². The fourth-order valence-corrected chi connectivity index (χ4v) is 1.58. The van der Waals surface area contributed by atoms with Crippen molar-refractivity contribution in [2.45, 2.75) is 12.5 Å². The van der Waals surface area contributed by atoms with Crippen molar-refractivity contribution >= 4 is 17.8 Å². The zero-order valence-corrected chi connectivity index (χ0v) is 9.65. The smallest absolute Gasteiger partial charge is 0.547 e. The van der Waals surface area contributed by atoms with Gasteiger partial charge in [0.15, 0.2) is 0 Å². The number of carbonyl (C=O) groups excluding carboxylic acids is 3. The number of rotatable bonds is 2. The Hall–Kier alpha value is -0.902. The van der Waals surface area contributed by atoms with Crippen molar-refractivity contribution in [3.05, 3.63) is 0 Å². The maximum absolute atomic E-state index is 10.9. The van der Waals surface area contributed by atoms with Crippen molar-refractivity contribution < 1.29 is 45.7 Å². The van der Waals surface area contributed by atoms with Crippen molar-refractivity contribution in [1.82, 2.24) is 4.90 Å². The summed E-state index contributed by atoms with van der Waals surface area (Å²) in [5, 5.41) is 21.2. The quantitative estimate of drug-likeness (QED) is 0.363. The molecule has 0 radical (unpaired) electrons. The molecule has 7 heteroatoms. The summed E-state index contributed by atoms with van der Waals surface area (Å²) < 4.78 is 0. The Morgan fingerprint density at radius 2 is 1.71 bits per heavy atom. The molecule has 1 amide bonds. The van der Waals surface area contributed by atoms with Gasteiger partial charge in [-0.15, -0.1) is 0 Å². The Bertz CT molecular complexity index is 274. The average molecular weight is 380 g/mol. The minimum atomic E-state index is -2.29. The van der Waals surface area contributed by atoms with E-state index in [0.29, 0.717) is 4.90 Å². The molecule has 1 unspecified atom stereocenters. The molecule has 14 heavy (non-hydrogen) atoms. The Labute approximate surface area is 94.1 Å². The summed E-state index contributed by atoms with van der Waals surface area (Å²) >= 11 is 0. The van der Waals surface area contributed by atoms with Gasteiger partial charge in [-0.2, -0.15) is 0 Å². The van der Waals surface area contributed by atoms with Crippen LogP contribution in [0.25, 0.3) is 0 Å². The van der Waals surface area contributed by atoms with Crippen molar-refractivity contribution in [2.75, 3.05) is 7.05 Å². The van der Waals surface area contributed by atoms with Gasteiger partial charge in [-0.1, -0.05) is 6.92 Å². The number of β-lactam (4-membered cyclic amide) rings is 1. The van der Waals surface area contributed by atoms with Crippen LogP contribution in [-0.4, -0.2) is 35.3 Å². The van der Waals surface area contributed by atoms with Gasteiger partial charge < -0.3 is 24.7 Å². The molecular formula is C7H7NO5Pt. The Kier molecular flexibility index (Phi) is 3.45. The fourth-order valence-electron chi connectivity index (χ4n) is 1.58. The van der Waals surface area contributed by atoms with Gasteiger partial charge >= 0.3 is 21.1 Å². The summed E-state index contributed by atoms with van der Waals surface area (Å²) in [6.07, 6.45) is 0. The SMILES string of the molecule is CC1C(=O)N(C)C1(C(=O)[O-])C(=O)[O-].[Pt+2]. The third kappa shape index (κ3) is 1.17. The Morgan fingerprint density at radius 3 is 1.86 bits per heavy atom. The molecule has 6 nitrogen and oxygen atoms in total. The monoisotopic (exact) mass is 380 g/mol. The van der Waals surface area contributed by atoms with E-state index in [-0.39, 0.29) is 21.1 Å². The zero-order valence-electron chi connectivity index (χ0n) is 7.38. The molecule has 1 aliphatic rings. The van der Waals surface area contributed by atoms with E-state index in [2.05, 4.69) is 0 Å².